The Morgan fingerprint density at radius 2 is 1.82 bits per heavy atom. The van der Waals surface area contributed by atoms with Crippen LogP contribution in [0.2, 0.25) is 0 Å². The van der Waals surface area contributed by atoms with Crippen LogP contribution in [0.25, 0.3) is 11.3 Å². The Kier molecular flexibility index (Phi) is 5.79. The maximum atomic E-state index is 13.3. The second-order valence-corrected chi connectivity index (χ2v) is 8.63. The molecule has 8 nitrogen and oxygen atoms in total. The van der Waals surface area contributed by atoms with Crippen molar-refractivity contribution >= 4 is 23.3 Å². The molecule has 1 unspecified atom stereocenters. The van der Waals surface area contributed by atoms with E-state index in [1.807, 2.05) is 37.3 Å². The van der Waals surface area contributed by atoms with E-state index in [1.54, 1.807) is 46.6 Å². The molecule has 2 aromatic heterocycles. The van der Waals surface area contributed by atoms with Gasteiger partial charge in [0.1, 0.15) is 0 Å². The Morgan fingerprint density at radius 3 is 2.56 bits per heavy atom. The minimum absolute atomic E-state index is 0.0600. The number of nitrogens with zero attached hydrogens (tertiary/aromatic N) is 4. The molecule has 172 valence electrons. The number of hydrogen-bond acceptors (Lipinski definition) is 6. The zero-order valence-corrected chi connectivity index (χ0v) is 18.8. The summed E-state index contributed by atoms with van der Waals surface area (Å²) in [5.74, 6) is -1.57. The van der Waals surface area contributed by atoms with Gasteiger partial charge in [0.15, 0.2) is 0 Å². The largest absolute Gasteiger partial charge is 0.382 e. The van der Waals surface area contributed by atoms with Crippen molar-refractivity contribution in [3.05, 3.63) is 78.2 Å². The van der Waals surface area contributed by atoms with Gasteiger partial charge in [-0.1, -0.05) is 18.2 Å². The molecule has 1 aromatic carbocycles. The van der Waals surface area contributed by atoms with Crippen molar-refractivity contribution in [1.82, 2.24) is 19.8 Å². The molecule has 0 bridgehead atoms. The van der Waals surface area contributed by atoms with Gasteiger partial charge in [0.25, 0.3) is 11.8 Å². The van der Waals surface area contributed by atoms with Crippen LogP contribution in [0.3, 0.4) is 0 Å². The number of piperazine rings is 1. The van der Waals surface area contributed by atoms with Crippen molar-refractivity contribution in [2.24, 2.45) is 0 Å². The van der Waals surface area contributed by atoms with Crippen molar-refractivity contribution in [2.45, 2.75) is 18.9 Å². The van der Waals surface area contributed by atoms with Crippen LogP contribution in [0.5, 0.6) is 0 Å². The van der Waals surface area contributed by atoms with Gasteiger partial charge in [0, 0.05) is 61.9 Å². The lowest BCUT2D eigenvalue weighted by atomic mass is 9.94. The lowest BCUT2D eigenvalue weighted by Gasteiger charge is -2.39. The molecule has 0 radical (unpaired) electrons. The molecule has 3 aromatic rings. The minimum atomic E-state index is -0.572. The molecule has 4 heterocycles. The van der Waals surface area contributed by atoms with Crippen LogP contribution in [0.4, 0.5) is 5.69 Å². The summed E-state index contributed by atoms with van der Waals surface area (Å²) in [5.41, 5.74) is 3.73. The van der Waals surface area contributed by atoms with Crippen molar-refractivity contribution < 1.29 is 14.4 Å². The fraction of sp³-hybridized carbons (Fsp3) is 0.269. The second kappa shape index (κ2) is 9.05. The van der Waals surface area contributed by atoms with Gasteiger partial charge in [0.05, 0.1) is 17.3 Å². The van der Waals surface area contributed by atoms with E-state index in [0.717, 1.165) is 22.5 Å². The van der Waals surface area contributed by atoms with Crippen LogP contribution < -0.4 is 5.32 Å². The first-order chi connectivity index (χ1) is 16.5. The standard InChI is InChI=1S/C26H25N5O3/c1-17-16-30(25(33)18-6-3-2-4-7-18)12-13-31(17)26(34)24(32)21-15-29-23-20(21)9-11-28-22(23)19-8-5-10-27-14-19/h2-11,14,17,21,29H,12-13,15-16H2,1H3/t17-,21?/m1/s1. The van der Waals surface area contributed by atoms with Crippen molar-refractivity contribution in [2.75, 3.05) is 31.5 Å². The zero-order valence-electron chi connectivity index (χ0n) is 18.8. The third-order valence-electron chi connectivity index (χ3n) is 6.50. The van der Waals surface area contributed by atoms with Crippen LogP contribution in [-0.4, -0.2) is 69.6 Å². The Hall–Kier alpha value is -4.07. The number of rotatable bonds is 4. The summed E-state index contributed by atoms with van der Waals surface area (Å²) in [6.07, 6.45) is 5.08. The molecule has 2 aliphatic heterocycles. The third-order valence-corrected chi connectivity index (χ3v) is 6.50. The molecule has 8 heteroatoms. The van der Waals surface area contributed by atoms with Crippen molar-refractivity contribution in [3.63, 3.8) is 0 Å². The number of nitrogens with one attached hydrogen (secondary N) is 1. The summed E-state index contributed by atoms with van der Waals surface area (Å²) < 4.78 is 0. The molecule has 0 aliphatic carbocycles. The lowest BCUT2D eigenvalue weighted by Crippen LogP contribution is -2.57. The summed E-state index contributed by atoms with van der Waals surface area (Å²) in [6.45, 7) is 3.34. The molecule has 34 heavy (non-hydrogen) atoms. The van der Waals surface area contributed by atoms with Crippen LogP contribution in [0.1, 0.15) is 28.8 Å². The van der Waals surface area contributed by atoms with E-state index >= 15 is 0 Å². The highest BCUT2D eigenvalue weighted by Crippen LogP contribution is 2.38. The van der Waals surface area contributed by atoms with Crippen LogP contribution in [0, 0.1) is 0 Å². The Bertz CT molecular complexity index is 1230. The molecule has 1 saturated heterocycles. The Labute approximate surface area is 197 Å². The molecule has 2 amide bonds. The molecule has 0 saturated carbocycles. The molecular weight excluding hydrogens is 430 g/mol. The van der Waals surface area contributed by atoms with E-state index in [9.17, 15) is 14.4 Å². The van der Waals surface area contributed by atoms with E-state index in [1.165, 1.54) is 0 Å². The average Bonchev–Trinajstić information content (AvgIpc) is 3.33. The number of fused-ring (bicyclic) bond motifs is 1. The highest BCUT2D eigenvalue weighted by atomic mass is 16.2. The number of Topliss-reactive ketones (excluding diaryl/α,β-unsaturated/α-hetero) is 1. The predicted octanol–water partition coefficient (Wildman–Crippen LogP) is 2.59. The molecule has 1 N–H and O–H groups in total. The summed E-state index contributed by atoms with van der Waals surface area (Å²) in [5, 5.41) is 3.27. The number of carbonyl (C=O) groups excluding carboxylic acids is 3. The van der Waals surface area contributed by atoms with Gasteiger partial charge >= 0.3 is 0 Å². The van der Waals surface area contributed by atoms with Gasteiger partial charge in [-0.2, -0.15) is 0 Å². The number of amides is 2. The number of ketones is 1. The van der Waals surface area contributed by atoms with E-state index in [2.05, 4.69) is 15.3 Å². The van der Waals surface area contributed by atoms with Gasteiger partial charge in [-0.05, 0) is 42.8 Å². The Morgan fingerprint density at radius 1 is 1.00 bits per heavy atom. The monoisotopic (exact) mass is 455 g/mol. The van der Waals surface area contributed by atoms with Crippen LogP contribution >= 0.6 is 0 Å². The normalized spacial score (nSPS) is 19.3. The second-order valence-electron chi connectivity index (χ2n) is 8.63. The molecule has 1 fully saturated rings. The van der Waals surface area contributed by atoms with Gasteiger partial charge in [-0.25, -0.2) is 0 Å². The summed E-state index contributed by atoms with van der Waals surface area (Å²) in [7, 11) is 0. The number of anilines is 1. The smallest absolute Gasteiger partial charge is 0.291 e. The number of pyridine rings is 2. The van der Waals surface area contributed by atoms with Crippen LogP contribution in [0.15, 0.2) is 67.1 Å². The quantitative estimate of drug-likeness (QED) is 0.608. The van der Waals surface area contributed by atoms with E-state index in [-0.39, 0.29) is 11.9 Å². The molecule has 5 rings (SSSR count). The van der Waals surface area contributed by atoms with Crippen LogP contribution in [-0.2, 0) is 9.59 Å². The maximum Gasteiger partial charge on any atom is 0.291 e. The molecule has 2 aliphatic rings. The fourth-order valence-electron chi connectivity index (χ4n) is 4.72. The number of aromatic nitrogens is 2. The van der Waals surface area contributed by atoms with Gasteiger partial charge < -0.3 is 15.1 Å². The topological polar surface area (TPSA) is 95.5 Å². The highest BCUT2D eigenvalue weighted by molar-refractivity contribution is 6.38. The molecule has 2 atom stereocenters. The average molecular weight is 456 g/mol. The molecular formula is C26H25N5O3. The number of benzene rings is 1. The van der Waals surface area contributed by atoms with Crippen molar-refractivity contribution in [3.8, 4) is 11.3 Å². The summed E-state index contributed by atoms with van der Waals surface area (Å²) >= 11 is 0. The van der Waals surface area contributed by atoms with E-state index in [4.69, 9.17) is 0 Å². The number of hydrogen-bond donors (Lipinski definition) is 1. The predicted molar refractivity (Wildman–Crippen MR) is 127 cm³/mol. The van der Waals surface area contributed by atoms with E-state index in [0.29, 0.717) is 31.7 Å². The van der Waals surface area contributed by atoms with Gasteiger partial charge in [0.2, 0.25) is 5.78 Å². The number of carbonyl (C=O) groups is 3. The molecule has 0 spiro atoms. The first-order valence-corrected chi connectivity index (χ1v) is 11.4. The highest BCUT2D eigenvalue weighted by Gasteiger charge is 2.39. The minimum Gasteiger partial charge on any atom is -0.382 e. The SMILES string of the molecule is C[C@@H]1CN(C(=O)c2ccccc2)CCN1C(=O)C(=O)C1CNc2c1ccnc2-c1cccnc1. The summed E-state index contributed by atoms with van der Waals surface area (Å²) in [4.78, 5) is 51.3. The maximum absolute atomic E-state index is 13.3. The first-order valence-electron chi connectivity index (χ1n) is 11.4. The summed E-state index contributed by atoms with van der Waals surface area (Å²) in [6, 6.07) is 14.4. The zero-order chi connectivity index (χ0) is 23.7. The van der Waals surface area contributed by atoms with Crippen molar-refractivity contribution in [1.29, 1.82) is 0 Å². The fourth-order valence-corrected chi connectivity index (χ4v) is 4.72. The Balaban J connectivity index is 1.30. The van der Waals surface area contributed by atoms with Gasteiger partial charge in [-0.3, -0.25) is 24.4 Å². The van der Waals surface area contributed by atoms with E-state index < -0.39 is 17.6 Å². The third kappa shape index (κ3) is 3.91. The first kappa shape index (κ1) is 21.8. The van der Waals surface area contributed by atoms with Gasteiger partial charge in [-0.15, -0.1) is 0 Å². The lowest BCUT2D eigenvalue weighted by molar-refractivity contribution is -0.148.